The Labute approximate surface area is 115 Å². The van der Waals surface area contributed by atoms with E-state index < -0.39 is 16.4 Å². The minimum absolute atomic E-state index is 0.231. The van der Waals surface area contributed by atoms with Gasteiger partial charge in [-0.2, -0.15) is 0 Å². The van der Waals surface area contributed by atoms with Crippen molar-refractivity contribution >= 4 is 16.4 Å². The van der Waals surface area contributed by atoms with E-state index in [1.807, 2.05) is 0 Å². The molecule has 18 heavy (non-hydrogen) atoms. The summed E-state index contributed by atoms with van der Waals surface area (Å²) in [5.74, 6) is 3.28. The highest BCUT2D eigenvalue weighted by Gasteiger charge is 2.36. The molecule has 0 amide bonds. The first-order valence-electron chi connectivity index (χ1n) is 6.99. The summed E-state index contributed by atoms with van der Waals surface area (Å²) in [5.41, 5.74) is 3.38. The minimum atomic E-state index is -1.31. The van der Waals surface area contributed by atoms with E-state index in [2.05, 4.69) is 50.7 Å². The van der Waals surface area contributed by atoms with Gasteiger partial charge in [0.25, 0.3) is 0 Å². The summed E-state index contributed by atoms with van der Waals surface area (Å²) in [5, 5.41) is 0. The van der Waals surface area contributed by atoms with Crippen molar-refractivity contribution in [1.82, 2.24) is 0 Å². The second-order valence-corrected chi connectivity index (χ2v) is 16.3. The summed E-state index contributed by atoms with van der Waals surface area (Å²) in [6.07, 6.45) is 4.12. The quantitative estimate of drug-likeness (QED) is 0.321. The van der Waals surface area contributed by atoms with E-state index >= 15 is 0 Å². The molecule has 0 saturated carbocycles. The Balaban J connectivity index is 2.05. The Morgan fingerprint density at radius 1 is 1.06 bits per heavy atom. The smallest absolute Gasteiger partial charge is 0.183 e. The van der Waals surface area contributed by atoms with Crippen LogP contribution >= 0.6 is 0 Å². The van der Waals surface area contributed by atoms with E-state index in [-0.39, 0.29) is 6.10 Å². The van der Waals surface area contributed by atoms with E-state index in [1.54, 1.807) is 0 Å². The third-order valence-electron chi connectivity index (χ3n) is 2.59. The van der Waals surface area contributed by atoms with Gasteiger partial charge in [-0.3, -0.25) is 0 Å². The largest absolute Gasteiger partial charge is 0.418 e. The summed E-state index contributed by atoms with van der Waals surface area (Å²) >= 11 is 0. The zero-order chi connectivity index (χ0) is 13.8. The van der Waals surface area contributed by atoms with Gasteiger partial charge >= 0.3 is 0 Å². The van der Waals surface area contributed by atoms with Crippen LogP contribution in [0.2, 0.25) is 39.3 Å². The Morgan fingerprint density at radius 3 is 2.28 bits per heavy atom. The highest BCUT2D eigenvalue weighted by Crippen LogP contribution is 2.26. The van der Waals surface area contributed by atoms with Crippen LogP contribution < -0.4 is 0 Å². The molecule has 1 fully saturated rings. The fourth-order valence-electron chi connectivity index (χ4n) is 1.60. The zero-order valence-electron chi connectivity index (χ0n) is 12.8. The Hall–Kier alpha value is -0.0862. The van der Waals surface area contributed by atoms with E-state index in [4.69, 9.17) is 9.16 Å². The molecule has 0 bridgehead atoms. The number of rotatable bonds is 6. The van der Waals surface area contributed by atoms with Crippen LogP contribution in [0.4, 0.5) is 0 Å². The van der Waals surface area contributed by atoms with Gasteiger partial charge in [0, 0.05) is 6.61 Å². The Bertz CT molecular complexity index is 317. The van der Waals surface area contributed by atoms with Crippen molar-refractivity contribution < 1.29 is 9.16 Å². The first kappa shape index (κ1) is 16.0. The van der Waals surface area contributed by atoms with Crippen LogP contribution in [0.3, 0.4) is 0 Å². The van der Waals surface area contributed by atoms with Crippen molar-refractivity contribution in [2.24, 2.45) is 0 Å². The van der Waals surface area contributed by atoms with Gasteiger partial charge in [-0.25, -0.2) is 0 Å². The Kier molecular flexibility index (Phi) is 5.66. The van der Waals surface area contributed by atoms with Gasteiger partial charge in [-0.1, -0.05) is 25.6 Å². The predicted molar refractivity (Wildman–Crippen MR) is 82.9 cm³/mol. The highest BCUT2D eigenvalue weighted by atomic mass is 28.4. The minimum Gasteiger partial charge on any atom is -0.418 e. The van der Waals surface area contributed by atoms with Crippen molar-refractivity contribution in [2.75, 3.05) is 6.61 Å². The molecule has 0 unspecified atom stereocenters. The van der Waals surface area contributed by atoms with E-state index in [1.165, 1.54) is 6.42 Å². The van der Waals surface area contributed by atoms with E-state index in [0.717, 1.165) is 19.4 Å². The monoisotopic (exact) mass is 284 g/mol. The molecular formula is C14H28O2Si2. The van der Waals surface area contributed by atoms with Crippen molar-refractivity contribution in [3.05, 3.63) is 0 Å². The normalized spacial score (nSPS) is 23.4. The summed E-state index contributed by atoms with van der Waals surface area (Å²) in [7, 11) is -2.55. The fourth-order valence-corrected chi connectivity index (χ4v) is 2.93. The van der Waals surface area contributed by atoms with Crippen molar-refractivity contribution in [2.45, 2.75) is 70.8 Å². The number of epoxide rings is 1. The molecule has 0 aromatic rings. The average Bonchev–Trinajstić information content (AvgIpc) is 2.90. The molecule has 2 nitrogen and oxygen atoms in total. The molecule has 104 valence electrons. The maximum Gasteiger partial charge on any atom is 0.183 e. The van der Waals surface area contributed by atoms with Gasteiger partial charge in [0.15, 0.2) is 8.32 Å². The standard InChI is InChI=1S/C14H28O2Si2/c1-17(2,3)12-10-14-13(16-14)9-7-8-11-15-18(4,5)6/h13-14H,7-9,11H2,1-6H3/t13-,14+/m1/s1. The van der Waals surface area contributed by atoms with Crippen molar-refractivity contribution in [1.29, 1.82) is 0 Å². The SMILES string of the molecule is C[Si](C)(C)C#C[C@@H]1O[C@@H]1CCCCO[Si](C)(C)C. The second kappa shape index (κ2) is 6.38. The second-order valence-electron chi connectivity index (χ2n) is 7.07. The molecule has 1 aliphatic rings. The molecule has 0 spiro atoms. The lowest BCUT2D eigenvalue weighted by atomic mass is 10.1. The molecule has 1 rings (SSSR count). The van der Waals surface area contributed by atoms with Crippen LogP contribution in [0.5, 0.6) is 0 Å². The molecule has 0 N–H and O–H groups in total. The van der Waals surface area contributed by atoms with Crippen LogP contribution in [0.15, 0.2) is 0 Å². The third-order valence-corrected chi connectivity index (χ3v) is 4.55. The van der Waals surface area contributed by atoms with Crippen molar-refractivity contribution in [3.8, 4) is 11.5 Å². The Morgan fingerprint density at radius 2 is 1.72 bits per heavy atom. The van der Waals surface area contributed by atoms with E-state index in [0.29, 0.717) is 6.10 Å². The lowest BCUT2D eigenvalue weighted by Gasteiger charge is -2.16. The lowest BCUT2D eigenvalue weighted by Crippen LogP contribution is -2.25. The molecule has 0 aromatic carbocycles. The first-order chi connectivity index (χ1) is 8.17. The van der Waals surface area contributed by atoms with Gasteiger partial charge in [-0.05, 0) is 38.9 Å². The average molecular weight is 285 g/mol. The van der Waals surface area contributed by atoms with Crippen LogP contribution in [0, 0.1) is 11.5 Å². The van der Waals surface area contributed by atoms with Gasteiger partial charge in [0.05, 0.1) is 6.10 Å². The zero-order valence-corrected chi connectivity index (χ0v) is 14.8. The van der Waals surface area contributed by atoms with Gasteiger partial charge < -0.3 is 9.16 Å². The van der Waals surface area contributed by atoms with Crippen LogP contribution in [-0.4, -0.2) is 35.2 Å². The van der Waals surface area contributed by atoms with Crippen LogP contribution in [0.25, 0.3) is 0 Å². The third kappa shape index (κ3) is 8.09. The predicted octanol–water partition coefficient (Wildman–Crippen LogP) is 3.66. The number of unbranched alkanes of at least 4 members (excludes halogenated alkanes) is 1. The number of ether oxygens (including phenoxy) is 1. The highest BCUT2D eigenvalue weighted by molar-refractivity contribution is 6.83. The molecule has 1 saturated heterocycles. The molecule has 4 heteroatoms. The maximum absolute atomic E-state index is 5.83. The molecule has 0 radical (unpaired) electrons. The molecule has 1 heterocycles. The summed E-state index contributed by atoms with van der Waals surface area (Å²) < 4.78 is 11.4. The summed E-state index contributed by atoms with van der Waals surface area (Å²) in [6.45, 7) is 14.4. The fraction of sp³-hybridized carbons (Fsp3) is 0.857. The number of hydrogen-bond acceptors (Lipinski definition) is 2. The summed E-state index contributed by atoms with van der Waals surface area (Å²) in [6, 6.07) is 0. The van der Waals surface area contributed by atoms with Gasteiger partial charge in [0.2, 0.25) is 0 Å². The summed E-state index contributed by atoms with van der Waals surface area (Å²) in [4.78, 5) is 0. The van der Waals surface area contributed by atoms with Crippen molar-refractivity contribution in [3.63, 3.8) is 0 Å². The molecular weight excluding hydrogens is 256 g/mol. The van der Waals surface area contributed by atoms with Crippen LogP contribution in [0.1, 0.15) is 19.3 Å². The topological polar surface area (TPSA) is 21.8 Å². The maximum atomic E-state index is 5.83. The first-order valence-corrected chi connectivity index (χ1v) is 13.9. The van der Waals surface area contributed by atoms with Gasteiger partial charge in [0.1, 0.15) is 14.2 Å². The van der Waals surface area contributed by atoms with Gasteiger partial charge in [-0.15, -0.1) is 5.54 Å². The molecule has 0 aliphatic carbocycles. The van der Waals surface area contributed by atoms with Crippen LogP contribution in [-0.2, 0) is 9.16 Å². The molecule has 2 atom stereocenters. The van der Waals surface area contributed by atoms with E-state index in [9.17, 15) is 0 Å². The lowest BCUT2D eigenvalue weighted by molar-refractivity contribution is 0.293. The molecule has 1 aliphatic heterocycles. The number of hydrogen-bond donors (Lipinski definition) is 0. The molecule has 0 aromatic heterocycles.